The van der Waals surface area contributed by atoms with Crippen molar-refractivity contribution in [2.75, 3.05) is 17.2 Å². The van der Waals surface area contributed by atoms with Crippen LogP contribution in [0.25, 0.3) is 0 Å². The minimum Gasteiger partial charge on any atom is -0.368 e. The molecule has 0 saturated heterocycles. The molecule has 0 aromatic carbocycles. The standard InChI is InChI=1S/C10H11F2N5O/c1-2-13-9-6(11)3-7(12)10(16-9)14-4-8-15-5-18-17-8/h3,5H,2,4H2,1H3,(H2,13,14,16). The minimum atomic E-state index is -0.780. The normalized spacial score (nSPS) is 10.4. The highest BCUT2D eigenvalue weighted by molar-refractivity contribution is 5.47. The van der Waals surface area contributed by atoms with Crippen molar-refractivity contribution < 1.29 is 13.3 Å². The topological polar surface area (TPSA) is 75.9 Å². The van der Waals surface area contributed by atoms with Crippen molar-refractivity contribution in [2.24, 2.45) is 0 Å². The van der Waals surface area contributed by atoms with Crippen molar-refractivity contribution in [1.29, 1.82) is 0 Å². The molecule has 0 unspecified atom stereocenters. The van der Waals surface area contributed by atoms with Gasteiger partial charge >= 0.3 is 0 Å². The third-order valence-electron chi connectivity index (χ3n) is 2.09. The van der Waals surface area contributed by atoms with Crippen molar-refractivity contribution in [3.05, 3.63) is 29.9 Å². The summed E-state index contributed by atoms with van der Waals surface area (Å²) in [6.07, 6.45) is 1.16. The molecule has 2 aromatic rings. The number of hydrogen-bond acceptors (Lipinski definition) is 6. The van der Waals surface area contributed by atoms with Gasteiger partial charge < -0.3 is 15.2 Å². The van der Waals surface area contributed by atoms with Gasteiger partial charge in [0.15, 0.2) is 29.1 Å². The largest absolute Gasteiger partial charge is 0.368 e. The van der Waals surface area contributed by atoms with Gasteiger partial charge in [0.25, 0.3) is 0 Å². The van der Waals surface area contributed by atoms with Crippen molar-refractivity contribution in [3.63, 3.8) is 0 Å². The summed E-state index contributed by atoms with van der Waals surface area (Å²) in [5.74, 6) is -1.24. The Morgan fingerprint density at radius 1 is 1.22 bits per heavy atom. The highest BCUT2D eigenvalue weighted by Crippen LogP contribution is 2.19. The third kappa shape index (κ3) is 2.70. The first-order chi connectivity index (χ1) is 8.70. The lowest BCUT2D eigenvalue weighted by molar-refractivity contribution is 0.411. The fraction of sp³-hybridized carbons (Fsp3) is 0.300. The highest BCUT2D eigenvalue weighted by Gasteiger charge is 2.11. The Hall–Kier alpha value is -2.25. The Morgan fingerprint density at radius 3 is 2.56 bits per heavy atom. The summed E-state index contributed by atoms with van der Waals surface area (Å²) in [6, 6.07) is 0.767. The van der Waals surface area contributed by atoms with Gasteiger partial charge in [-0.3, -0.25) is 0 Å². The molecule has 96 valence electrons. The maximum absolute atomic E-state index is 13.4. The van der Waals surface area contributed by atoms with Gasteiger partial charge in [0.2, 0.25) is 6.39 Å². The lowest BCUT2D eigenvalue weighted by Crippen LogP contribution is -2.09. The van der Waals surface area contributed by atoms with Gasteiger partial charge in [0.05, 0.1) is 6.54 Å². The molecule has 0 fully saturated rings. The molecule has 2 rings (SSSR count). The van der Waals surface area contributed by atoms with Crippen LogP contribution in [-0.4, -0.2) is 21.7 Å². The first-order valence-corrected chi connectivity index (χ1v) is 5.29. The second-order valence-corrected chi connectivity index (χ2v) is 3.38. The molecule has 0 spiro atoms. The molecule has 0 aliphatic carbocycles. The molecular weight excluding hydrogens is 244 g/mol. The summed E-state index contributed by atoms with van der Waals surface area (Å²) < 4.78 is 31.3. The molecule has 2 aromatic heterocycles. The average Bonchev–Trinajstić information content (AvgIpc) is 2.84. The maximum Gasteiger partial charge on any atom is 0.213 e. The van der Waals surface area contributed by atoms with E-state index in [0.29, 0.717) is 12.4 Å². The van der Waals surface area contributed by atoms with Crippen LogP contribution in [0.1, 0.15) is 12.7 Å². The van der Waals surface area contributed by atoms with Crippen molar-refractivity contribution in [2.45, 2.75) is 13.5 Å². The second-order valence-electron chi connectivity index (χ2n) is 3.38. The first-order valence-electron chi connectivity index (χ1n) is 5.29. The van der Waals surface area contributed by atoms with E-state index in [4.69, 9.17) is 0 Å². The number of anilines is 2. The third-order valence-corrected chi connectivity index (χ3v) is 2.09. The Bertz CT molecular complexity index is 517. The predicted octanol–water partition coefficient (Wildman–Crippen LogP) is 1.79. The number of nitrogens with zero attached hydrogens (tertiary/aromatic N) is 3. The summed E-state index contributed by atoms with van der Waals surface area (Å²) in [7, 11) is 0. The van der Waals surface area contributed by atoms with Gasteiger partial charge in [-0.1, -0.05) is 5.16 Å². The monoisotopic (exact) mass is 255 g/mol. The summed E-state index contributed by atoms with van der Waals surface area (Å²) in [5.41, 5.74) is 0. The van der Waals surface area contributed by atoms with E-state index in [1.807, 2.05) is 0 Å². The maximum atomic E-state index is 13.4. The van der Waals surface area contributed by atoms with E-state index in [2.05, 4.69) is 30.3 Å². The van der Waals surface area contributed by atoms with Crippen LogP contribution in [0.3, 0.4) is 0 Å². The van der Waals surface area contributed by atoms with E-state index in [1.165, 1.54) is 0 Å². The Labute approximate surface area is 101 Å². The molecule has 2 N–H and O–H groups in total. The molecule has 0 aliphatic heterocycles. The number of rotatable bonds is 5. The number of nitrogens with one attached hydrogen (secondary N) is 2. The predicted molar refractivity (Wildman–Crippen MR) is 59.9 cm³/mol. The Kier molecular flexibility index (Phi) is 3.66. The lowest BCUT2D eigenvalue weighted by atomic mass is 10.4. The Balaban J connectivity index is 2.13. The molecular formula is C10H11F2N5O. The molecule has 0 radical (unpaired) electrons. The zero-order valence-electron chi connectivity index (χ0n) is 9.57. The van der Waals surface area contributed by atoms with E-state index in [9.17, 15) is 8.78 Å². The first kappa shape index (κ1) is 12.2. The molecule has 8 heteroatoms. The average molecular weight is 255 g/mol. The van der Waals surface area contributed by atoms with E-state index < -0.39 is 11.6 Å². The van der Waals surface area contributed by atoms with E-state index in [-0.39, 0.29) is 18.2 Å². The number of aromatic nitrogens is 3. The highest BCUT2D eigenvalue weighted by atomic mass is 19.1. The van der Waals surface area contributed by atoms with E-state index >= 15 is 0 Å². The smallest absolute Gasteiger partial charge is 0.213 e. The molecule has 0 saturated carbocycles. The minimum absolute atomic E-state index is 0.00508. The SMILES string of the molecule is CCNc1nc(NCc2ncon2)c(F)cc1F. The van der Waals surface area contributed by atoms with Gasteiger partial charge in [-0.2, -0.15) is 4.98 Å². The molecule has 6 nitrogen and oxygen atoms in total. The van der Waals surface area contributed by atoms with Crippen molar-refractivity contribution >= 4 is 11.6 Å². The van der Waals surface area contributed by atoms with Gasteiger partial charge in [-0.25, -0.2) is 13.8 Å². The van der Waals surface area contributed by atoms with Crippen LogP contribution in [0.5, 0.6) is 0 Å². The van der Waals surface area contributed by atoms with Gasteiger partial charge in [-0.15, -0.1) is 0 Å². The molecule has 0 bridgehead atoms. The number of pyridine rings is 1. The second kappa shape index (κ2) is 5.39. The fourth-order valence-electron chi connectivity index (χ4n) is 1.32. The molecule has 0 atom stereocenters. The zero-order chi connectivity index (χ0) is 13.0. The summed E-state index contributed by atoms with van der Waals surface area (Å²) in [5, 5.41) is 8.91. The Morgan fingerprint density at radius 2 is 1.94 bits per heavy atom. The van der Waals surface area contributed by atoms with Gasteiger partial charge in [0.1, 0.15) is 0 Å². The zero-order valence-corrected chi connectivity index (χ0v) is 9.57. The van der Waals surface area contributed by atoms with E-state index in [0.717, 1.165) is 12.5 Å². The molecule has 0 aliphatic rings. The van der Waals surface area contributed by atoms with Gasteiger partial charge in [0, 0.05) is 12.6 Å². The van der Waals surface area contributed by atoms with Gasteiger partial charge in [-0.05, 0) is 6.92 Å². The van der Waals surface area contributed by atoms with Crippen LogP contribution in [0, 0.1) is 11.6 Å². The van der Waals surface area contributed by atoms with Crippen LogP contribution in [0.4, 0.5) is 20.4 Å². The number of hydrogen-bond donors (Lipinski definition) is 2. The summed E-state index contributed by atoms with van der Waals surface area (Å²) >= 11 is 0. The molecule has 2 heterocycles. The van der Waals surface area contributed by atoms with Crippen LogP contribution in [0.2, 0.25) is 0 Å². The van der Waals surface area contributed by atoms with Crippen LogP contribution < -0.4 is 10.6 Å². The number of halogens is 2. The molecule has 18 heavy (non-hydrogen) atoms. The van der Waals surface area contributed by atoms with Crippen molar-refractivity contribution in [1.82, 2.24) is 15.1 Å². The molecule has 0 amide bonds. The lowest BCUT2D eigenvalue weighted by Gasteiger charge is -2.08. The van der Waals surface area contributed by atoms with Crippen LogP contribution >= 0.6 is 0 Å². The van der Waals surface area contributed by atoms with Crippen LogP contribution in [-0.2, 0) is 6.54 Å². The summed E-state index contributed by atoms with van der Waals surface area (Å²) in [6.45, 7) is 2.41. The summed E-state index contributed by atoms with van der Waals surface area (Å²) in [4.78, 5) is 7.56. The fourth-order valence-corrected chi connectivity index (χ4v) is 1.32. The van der Waals surface area contributed by atoms with Crippen LogP contribution in [0.15, 0.2) is 17.0 Å². The quantitative estimate of drug-likeness (QED) is 0.848. The van der Waals surface area contributed by atoms with E-state index in [1.54, 1.807) is 6.92 Å². The van der Waals surface area contributed by atoms with Crippen molar-refractivity contribution in [3.8, 4) is 0 Å².